The molecule has 3 heterocycles. The minimum Gasteiger partial charge on any atom is -0.491 e. The largest absolute Gasteiger partial charge is 0.491 e. The molecule has 2 aliphatic rings. The van der Waals surface area contributed by atoms with E-state index in [1.54, 1.807) is 65.0 Å². The van der Waals surface area contributed by atoms with Crippen LogP contribution >= 0.6 is 0 Å². The van der Waals surface area contributed by atoms with E-state index in [1.165, 1.54) is 18.3 Å². The van der Waals surface area contributed by atoms with E-state index in [-0.39, 0.29) is 29.4 Å². The molecule has 268 valence electrons. The van der Waals surface area contributed by atoms with Gasteiger partial charge in [-0.3, -0.25) is 4.79 Å². The van der Waals surface area contributed by atoms with Crippen molar-refractivity contribution in [2.75, 3.05) is 17.7 Å². The smallest absolute Gasteiger partial charge is 0.407 e. The molecule has 0 spiro atoms. The monoisotopic (exact) mass is 697 g/mol. The zero-order valence-electron chi connectivity index (χ0n) is 29.6. The third-order valence-electron chi connectivity index (χ3n) is 7.78. The van der Waals surface area contributed by atoms with Gasteiger partial charge in [0.05, 0.1) is 39.9 Å². The Morgan fingerprint density at radius 3 is 2.45 bits per heavy atom. The Kier molecular flexibility index (Phi) is 13.5. The van der Waals surface area contributed by atoms with Crippen molar-refractivity contribution in [1.82, 2.24) is 15.3 Å². The fraction of sp³-hybridized carbons (Fsp3) is 0.500. The molecule has 3 aromatic rings. The van der Waals surface area contributed by atoms with E-state index in [0.29, 0.717) is 47.7 Å². The summed E-state index contributed by atoms with van der Waals surface area (Å²) in [6, 6.07) is 11.4. The van der Waals surface area contributed by atoms with Crippen LogP contribution in [-0.2, 0) is 21.1 Å². The number of sulfone groups is 1. The number of benzene rings is 2. The number of nitrogens with zero attached hydrogens (tertiary/aromatic N) is 2. The van der Waals surface area contributed by atoms with Crippen molar-refractivity contribution in [2.45, 2.75) is 115 Å². The molecule has 5 N–H and O–H groups in total. The van der Waals surface area contributed by atoms with Gasteiger partial charge in [-0.25, -0.2) is 23.2 Å². The van der Waals surface area contributed by atoms with Gasteiger partial charge in [0.2, 0.25) is 0 Å². The van der Waals surface area contributed by atoms with Crippen molar-refractivity contribution < 1.29 is 32.6 Å². The van der Waals surface area contributed by atoms with E-state index in [1.807, 2.05) is 13.8 Å². The van der Waals surface area contributed by atoms with Crippen molar-refractivity contribution in [1.29, 1.82) is 0 Å². The second kappa shape index (κ2) is 16.9. The Labute approximate surface area is 290 Å². The number of ether oxygens (including phenoxy) is 2. The van der Waals surface area contributed by atoms with Crippen molar-refractivity contribution in [3.05, 3.63) is 59.9 Å². The molecule has 1 aromatic heterocycles. The molecule has 49 heavy (non-hydrogen) atoms. The highest BCUT2D eigenvalue weighted by atomic mass is 32.2. The van der Waals surface area contributed by atoms with Crippen LogP contribution < -0.4 is 21.1 Å². The Hall–Kier alpha value is -4.23. The summed E-state index contributed by atoms with van der Waals surface area (Å²) in [7, 11) is -3.78. The van der Waals surface area contributed by atoms with Gasteiger partial charge < -0.3 is 30.9 Å². The predicted octanol–water partition coefficient (Wildman–Crippen LogP) is 6.68. The number of carbonyl (C=O) groups excluding carboxylic acids is 2. The van der Waals surface area contributed by atoms with Gasteiger partial charge in [0, 0.05) is 17.7 Å². The third-order valence-corrected chi connectivity index (χ3v) is 10.3. The lowest BCUT2D eigenvalue weighted by Gasteiger charge is -2.27. The lowest BCUT2D eigenvalue weighted by atomic mass is 10.00. The number of anilines is 2. The van der Waals surface area contributed by atoms with Crippen LogP contribution in [-0.4, -0.2) is 58.6 Å². The Morgan fingerprint density at radius 1 is 1.10 bits per heavy atom. The summed E-state index contributed by atoms with van der Waals surface area (Å²) >= 11 is 0. The minimum atomic E-state index is -3.78. The van der Waals surface area contributed by atoms with Gasteiger partial charge in [-0.05, 0) is 72.1 Å². The number of alkyl carbamates (subject to hydrolysis) is 1. The summed E-state index contributed by atoms with van der Waals surface area (Å²) in [6.45, 7) is 13.0. The Morgan fingerprint density at radius 2 is 1.78 bits per heavy atom. The van der Waals surface area contributed by atoms with Gasteiger partial charge >= 0.3 is 6.09 Å². The summed E-state index contributed by atoms with van der Waals surface area (Å²) in [4.78, 5) is 34.7. The molecule has 13 heteroatoms. The van der Waals surface area contributed by atoms with Crippen LogP contribution in [0.5, 0.6) is 5.75 Å². The maximum absolute atomic E-state index is 13.5. The highest BCUT2D eigenvalue weighted by Gasteiger charge is 2.37. The van der Waals surface area contributed by atoms with Crippen molar-refractivity contribution in [3.8, 4) is 17.0 Å². The van der Waals surface area contributed by atoms with E-state index < -0.39 is 38.3 Å². The number of fused-ring (bicyclic) bond motifs is 13. The summed E-state index contributed by atoms with van der Waals surface area (Å²) in [6.07, 6.45) is 3.66. The van der Waals surface area contributed by atoms with E-state index in [9.17, 15) is 23.1 Å². The molecular weight excluding hydrogens is 646 g/mol. The lowest BCUT2D eigenvalue weighted by molar-refractivity contribution is 0.0523. The molecule has 12 nitrogen and oxygen atoms in total. The number of amides is 2. The highest BCUT2D eigenvalue weighted by Crippen LogP contribution is 2.33. The second-order valence-corrected chi connectivity index (χ2v) is 15.9. The number of hydrogen-bond donors (Lipinski definition) is 4. The van der Waals surface area contributed by atoms with Crippen LogP contribution in [0, 0.1) is 0 Å². The second-order valence-electron chi connectivity index (χ2n) is 13.3. The summed E-state index contributed by atoms with van der Waals surface area (Å²) < 4.78 is 37.4. The van der Waals surface area contributed by atoms with Crippen molar-refractivity contribution >= 4 is 33.3 Å². The van der Waals surface area contributed by atoms with Crippen LogP contribution in [0.3, 0.4) is 0 Å². The number of aromatic nitrogens is 2. The number of carbonyl (C=O) groups is 2. The molecule has 0 aliphatic carbocycles. The number of nitrogens with two attached hydrogens (primary N) is 1. The molecular formula is C36H51N5O7S. The molecule has 0 radical (unpaired) electrons. The molecule has 2 amide bonds. The lowest BCUT2D eigenvalue weighted by Crippen LogP contribution is -2.36. The van der Waals surface area contributed by atoms with Gasteiger partial charge in [-0.15, -0.1) is 0 Å². The molecule has 1 atom stereocenters. The fourth-order valence-corrected chi connectivity index (χ4v) is 6.82. The van der Waals surface area contributed by atoms with Crippen LogP contribution in [0.25, 0.3) is 11.3 Å². The SMILES string of the molecule is CC.CC(C)(C)OC(=O)NCc1cccc2c1OCCCCCCC(O)CC(C)(C)S(=O)(=O)c1ccc(cc1)-c1cnc(N)c(n1)C(=O)N2. The maximum atomic E-state index is 13.5. The molecule has 0 fully saturated rings. The number of aliphatic hydroxyl groups is 1. The molecule has 5 rings (SSSR count). The van der Waals surface area contributed by atoms with Crippen LogP contribution in [0.2, 0.25) is 0 Å². The highest BCUT2D eigenvalue weighted by molar-refractivity contribution is 7.92. The fourth-order valence-electron chi connectivity index (χ4n) is 5.27. The number of para-hydroxylation sites is 1. The molecule has 0 saturated heterocycles. The van der Waals surface area contributed by atoms with Gasteiger partial charge in [0.1, 0.15) is 11.4 Å². The predicted molar refractivity (Wildman–Crippen MR) is 191 cm³/mol. The summed E-state index contributed by atoms with van der Waals surface area (Å²) in [5, 5.41) is 16.3. The van der Waals surface area contributed by atoms with Gasteiger partial charge in [0.25, 0.3) is 5.91 Å². The van der Waals surface area contributed by atoms with E-state index in [2.05, 4.69) is 20.6 Å². The standard InChI is InChI=1S/C34H45N5O7S.C2H6/c1-33(2,3)46-32(42)37-20-23-11-10-13-26-29(23)45-18-9-7-6-8-12-24(40)19-34(4,5)47(43,44)25-16-14-22(15-17-25)27-21-36-30(35)28(38-27)31(41)39-26;1-2/h10-11,13-17,21,24,40H,6-9,12,18-20H2,1-5H3,(H2,35,36)(H,37,42)(H,39,41);1-2H3. The minimum absolute atomic E-state index is 0.0886. The zero-order valence-corrected chi connectivity index (χ0v) is 30.4. The summed E-state index contributed by atoms with van der Waals surface area (Å²) in [5.74, 6) is -0.331. The molecule has 0 saturated carbocycles. The Balaban J connectivity index is 0.00000319. The van der Waals surface area contributed by atoms with Gasteiger partial charge in [-0.2, -0.15) is 0 Å². The molecule has 2 aromatic carbocycles. The normalized spacial score (nSPS) is 18.1. The summed E-state index contributed by atoms with van der Waals surface area (Å²) in [5.41, 5.74) is 7.11. The van der Waals surface area contributed by atoms with Crippen LogP contribution in [0.15, 0.2) is 53.6 Å². The first-order valence-corrected chi connectivity index (χ1v) is 18.2. The van der Waals surface area contributed by atoms with Gasteiger partial charge in [-0.1, -0.05) is 57.4 Å². The first-order chi connectivity index (χ1) is 23.1. The molecule has 4 bridgehead atoms. The Bertz CT molecular complexity index is 1690. The van der Waals surface area contributed by atoms with E-state index in [4.69, 9.17) is 15.2 Å². The van der Waals surface area contributed by atoms with Gasteiger partial charge in [0.15, 0.2) is 21.3 Å². The third kappa shape index (κ3) is 10.6. The average molecular weight is 698 g/mol. The number of aliphatic hydroxyl groups excluding tert-OH is 1. The number of rotatable bonds is 2. The number of hydrogen-bond acceptors (Lipinski definition) is 10. The maximum Gasteiger partial charge on any atom is 0.407 e. The first-order valence-electron chi connectivity index (χ1n) is 16.8. The average Bonchev–Trinajstić information content (AvgIpc) is 3.03. The number of nitrogen functional groups attached to an aromatic ring is 1. The zero-order chi connectivity index (χ0) is 36.4. The topological polar surface area (TPSA) is 183 Å². The molecule has 1 unspecified atom stereocenters. The number of nitrogens with one attached hydrogen (secondary N) is 2. The van der Waals surface area contributed by atoms with E-state index >= 15 is 0 Å². The van der Waals surface area contributed by atoms with E-state index in [0.717, 1.165) is 19.3 Å². The van der Waals surface area contributed by atoms with Crippen LogP contribution in [0.1, 0.15) is 103 Å². The van der Waals surface area contributed by atoms with Crippen molar-refractivity contribution in [3.63, 3.8) is 0 Å². The van der Waals surface area contributed by atoms with Crippen LogP contribution in [0.4, 0.5) is 16.3 Å². The first kappa shape index (κ1) is 39.2. The quantitative estimate of drug-likeness (QED) is 0.225. The molecule has 2 aliphatic heterocycles. The van der Waals surface area contributed by atoms with Crippen molar-refractivity contribution in [2.24, 2.45) is 0 Å².